The van der Waals surface area contributed by atoms with E-state index in [0.717, 1.165) is 22.2 Å². The number of anilines is 1. The van der Waals surface area contributed by atoms with Gasteiger partial charge in [-0.1, -0.05) is 34.1 Å². The molecule has 0 aliphatic carbocycles. The lowest BCUT2D eigenvalue weighted by atomic mass is 10.1. The summed E-state index contributed by atoms with van der Waals surface area (Å²) in [5.41, 5.74) is 0.648. The van der Waals surface area contributed by atoms with Crippen molar-refractivity contribution in [2.45, 2.75) is 19.5 Å². The maximum atomic E-state index is 12.7. The summed E-state index contributed by atoms with van der Waals surface area (Å²) in [5.74, 6) is -2.04. The normalized spacial score (nSPS) is 11.0. The van der Waals surface area contributed by atoms with E-state index in [1.54, 1.807) is 12.1 Å². The van der Waals surface area contributed by atoms with E-state index >= 15 is 0 Å². The first-order valence-corrected chi connectivity index (χ1v) is 9.48. The number of halogens is 4. The maximum Gasteiger partial charge on any atom is 0.416 e. The maximum absolute atomic E-state index is 12.7. The van der Waals surface area contributed by atoms with Crippen molar-refractivity contribution in [2.75, 3.05) is 18.5 Å². The van der Waals surface area contributed by atoms with Crippen molar-refractivity contribution in [3.05, 3.63) is 63.6 Å². The fraction of sp³-hybridized carbons (Fsp3) is 0.250. The van der Waals surface area contributed by atoms with Crippen molar-refractivity contribution in [1.29, 1.82) is 0 Å². The van der Waals surface area contributed by atoms with Gasteiger partial charge in [0.2, 0.25) is 5.91 Å². The zero-order valence-corrected chi connectivity index (χ0v) is 17.4. The second-order valence-corrected chi connectivity index (χ2v) is 7.24. The molecule has 0 fully saturated rings. The Labute approximate surface area is 178 Å². The van der Waals surface area contributed by atoms with Gasteiger partial charge in [-0.25, -0.2) is 0 Å². The molecule has 0 aliphatic heterocycles. The first-order chi connectivity index (χ1) is 14.0. The lowest BCUT2D eigenvalue weighted by molar-refractivity contribution is -0.148. The number of aryl methyl sites for hydroxylation is 1. The number of carbonyl (C=O) groups excluding carboxylic acids is 3. The Balaban J connectivity index is 1.75. The molecule has 0 unspecified atom stereocenters. The van der Waals surface area contributed by atoms with Gasteiger partial charge >= 0.3 is 12.1 Å². The Hall–Kier alpha value is -2.88. The molecule has 2 aromatic carbocycles. The van der Waals surface area contributed by atoms with Crippen LogP contribution in [0, 0.1) is 6.92 Å². The van der Waals surface area contributed by atoms with Crippen molar-refractivity contribution >= 4 is 39.4 Å². The molecule has 160 valence electrons. The Kier molecular flexibility index (Phi) is 7.99. The second-order valence-electron chi connectivity index (χ2n) is 6.32. The van der Waals surface area contributed by atoms with E-state index in [9.17, 15) is 27.6 Å². The molecule has 2 rings (SSSR count). The van der Waals surface area contributed by atoms with Gasteiger partial charge in [0.25, 0.3) is 5.91 Å². The molecule has 30 heavy (non-hydrogen) atoms. The topological polar surface area (TPSA) is 84.5 Å². The van der Waals surface area contributed by atoms with Gasteiger partial charge in [-0.15, -0.1) is 0 Å². The summed E-state index contributed by atoms with van der Waals surface area (Å²) in [6, 6.07) is 9.55. The number of rotatable bonds is 7. The minimum Gasteiger partial charge on any atom is -0.455 e. The van der Waals surface area contributed by atoms with Crippen LogP contribution in [-0.4, -0.2) is 30.9 Å². The van der Waals surface area contributed by atoms with Crippen molar-refractivity contribution in [1.82, 2.24) is 5.32 Å². The van der Waals surface area contributed by atoms with Gasteiger partial charge in [-0.3, -0.25) is 14.4 Å². The van der Waals surface area contributed by atoms with E-state index in [4.69, 9.17) is 4.74 Å². The summed E-state index contributed by atoms with van der Waals surface area (Å²) >= 11 is 3.31. The van der Waals surface area contributed by atoms with E-state index in [-0.39, 0.29) is 12.1 Å². The molecule has 0 aromatic heterocycles. The summed E-state index contributed by atoms with van der Waals surface area (Å²) in [4.78, 5) is 35.4. The molecule has 2 aromatic rings. The first-order valence-electron chi connectivity index (χ1n) is 8.69. The molecule has 0 heterocycles. The molecule has 2 N–H and O–H groups in total. The Bertz CT molecular complexity index is 948. The molecule has 6 nitrogen and oxygen atoms in total. The molecule has 0 saturated carbocycles. The van der Waals surface area contributed by atoms with Crippen LogP contribution >= 0.6 is 15.9 Å². The van der Waals surface area contributed by atoms with Crippen LogP contribution < -0.4 is 10.6 Å². The SMILES string of the molecule is Cc1cc(Br)ccc1NC(=O)CNC(=O)COC(=O)Cc1cccc(C(F)(F)F)c1. The fourth-order valence-electron chi connectivity index (χ4n) is 2.41. The average Bonchev–Trinajstić information content (AvgIpc) is 2.66. The first kappa shape index (κ1) is 23.4. The van der Waals surface area contributed by atoms with Crippen molar-refractivity contribution in [3.63, 3.8) is 0 Å². The smallest absolute Gasteiger partial charge is 0.416 e. The predicted molar refractivity (Wildman–Crippen MR) is 107 cm³/mol. The quantitative estimate of drug-likeness (QED) is 0.585. The van der Waals surface area contributed by atoms with Gasteiger partial charge in [0.1, 0.15) is 0 Å². The summed E-state index contributed by atoms with van der Waals surface area (Å²) in [6.45, 7) is 0.824. The highest BCUT2D eigenvalue weighted by molar-refractivity contribution is 9.10. The third kappa shape index (κ3) is 7.51. The second kappa shape index (κ2) is 10.2. The molecule has 10 heteroatoms. The molecule has 0 saturated heterocycles. The molecule has 2 amide bonds. The molecule has 0 atom stereocenters. The van der Waals surface area contributed by atoms with E-state index in [2.05, 4.69) is 26.6 Å². The van der Waals surface area contributed by atoms with Crippen molar-refractivity contribution < 1.29 is 32.3 Å². The Morgan fingerprint density at radius 1 is 1.07 bits per heavy atom. The average molecular weight is 487 g/mol. The summed E-state index contributed by atoms with van der Waals surface area (Å²) in [7, 11) is 0. The van der Waals surface area contributed by atoms with Gasteiger partial charge in [0.15, 0.2) is 6.61 Å². The zero-order valence-electron chi connectivity index (χ0n) is 15.8. The highest BCUT2D eigenvalue weighted by Gasteiger charge is 2.30. The number of hydrogen-bond acceptors (Lipinski definition) is 4. The third-order valence-corrected chi connectivity index (χ3v) is 4.37. The van der Waals surface area contributed by atoms with Crippen LogP contribution in [0.1, 0.15) is 16.7 Å². The molecule has 0 spiro atoms. The minimum absolute atomic E-state index is 0.111. The van der Waals surface area contributed by atoms with Gasteiger partial charge in [-0.2, -0.15) is 13.2 Å². The number of esters is 1. The molecular weight excluding hydrogens is 469 g/mol. The Morgan fingerprint density at radius 2 is 1.80 bits per heavy atom. The van der Waals surface area contributed by atoms with Crippen LogP contribution in [0.4, 0.5) is 18.9 Å². The van der Waals surface area contributed by atoms with Gasteiger partial charge in [-0.05, 0) is 42.3 Å². The number of carbonyl (C=O) groups is 3. The third-order valence-electron chi connectivity index (χ3n) is 3.88. The van der Waals surface area contributed by atoms with Crippen LogP contribution in [0.3, 0.4) is 0 Å². The number of benzene rings is 2. The van der Waals surface area contributed by atoms with Crippen LogP contribution in [0.25, 0.3) is 0 Å². The van der Waals surface area contributed by atoms with Crippen LogP contribution in [0.2, 0.25) is 0 Å². The van der Waals surface area contributed by atoms with E-state index < -0.39 is 42.6 Å². The van der Waals surface area contributed by atoms with Crippen molar-refractivity contribution in [3.8, 4) is 0 Å². The van der Waals surface area contributed by atoms with E-state index in [1.165, 1.54) is 12.1 Å². The number of nitrogens with one attached hydrogen (secondary N) is 2. The number of hydrogen-bond donors (Lipinski definition) is 2. The largest absolute Gasteiger partial charge is 0.455 e. The van der Waals surface area contributed by atoms with Gasteiger partial charge in [0.05, 0.1) is 18.5 Å². The van der Waals surface area contributed by atoms with E-state index in [1.807, 2.05) is 13.0 Å². The summed E-state index contributed by atoms with van der Waals surface area (Å²) in [6.07, 6.45) is -4.93. The predicted octanol–water partition coefficient (Wildman–Crippen LogP) is 3.62. The number of amides is 2. The molecule has 0 aliphatic rings. The van der Waals surface area contributed by atoms with Crippen LogP contribution in [-0.2, 0) is 31.7 Å². The van der Waals surface area contributed by atoms with Crippen LogP contribution in [0.15, 0.2) is 46.9 Å². The number of ether oxygens (including phenoxy) is 1. The standard InChI is InChI=1S/C20H18BrF3N2O4/c1-12-7-15(21)5-6-16(12)26-17(27)10-25-18(28)11-30-19(29)9-13-3-2-4-14(8-13)20(22,23)24/h2-8H,9-11H2,1H3,(H,25,28)(H,26,27). The molecule has 0 bridgehead atoms. The van der Waals surface area contributed by atoms with E-state index in [0.29, 0.717) is 5.69 Å². The van der Waals surface area contributed by atoms with Gasteiger partial charge < -0.3 is 15.4 Å². The summed E-state index contributed by atoms with van der Waals surface area (Å²) in [5, 5.41) is 4.93. The molecule has 0 radical (unpaired) electrons. The lowest BCUT2D eigenvalue weighted by Gasteiger charge is -2.10. The van der Waals surface area contributed by atoms with Gasteiger partial charge in [0, 0.05) is 10.2 Å². The zero-order chi connectivity index (χ0) is 22.3. The molecular formula is C20H18BrF3N2O4. The highest BCUT2D eigenvalue weighted by atomic mass is 79.9. The Morgan fingerprint density at radius 3 is 2.47 bits per heavy atom. The summed E-state index contributed by atoms with van der Waals surface area (Å²) < 4.78 is 43.7. The monoisotopic (exact) mass is 486 g/mol. The minimum atomic E-state index is -4.52. The highest BCUT2D eigenvalue weighted by Crippen LogP contribution is 2.29. The lowest BCUT2D eigenvalue weighted by Crippen LogP contribution is -2.35. The number of alkyl halides is 3. The van der Waals surface area contributed by atoms with Crippen LogP contribution in [0.5, 0.6) is 0 Å². The van der Waals surface area contributed by atoms with Crippen molar-refractivity contribution in [2.24, 2.45) is 0 Å². The fourth-order valence-corrected chi connectivity index (χ4v) is 2.89.